The molecule has 0 bridgehead atoms. The van der Waals surface area contributed by atoms with Crippen LogP contribution in [0, 0.1) is 0 Å². The summed E-state index contributed by atoms with van der Waals surface area (Å²) in [4.78, 5) is 4.06. The number of aromatic nitrogens is 1. The Balaban J connectivity index is 3.08. The summed E-state index contributed by atoms with van der Waals surface area (Å²) in [7, 11) is 0. The van der Waals surface area contributed by atoms with Gasteiger partial charge in [0, 0.05) is 11.8 Å². The molecular weight excluding hydrogens is 194 g/mol. The molecule has 1 heterocycles. The average molecular weight is 204 g/mol. The van der Waals surface area contributed by atoms with Crippen molar-refractivity contribution >= 4 is 23.4 Å². The molecule has 1 rings (SSSR count). The fourth-order valence-corrected chi connectivity index (χ4v) is 1.53. The summed E-state index contributed by atoms with van der Waals surface area (Å²) >= 11 is 7.34. The molecule has 4 heteroatoms. The minimum atomic E-state index is -0.536. The first-order chi connectivity index (χ1) is 5.65. The highest BCUT2D eigenvalue weighted by Gasteiger charge is 2.07. The van der Waals surface area contributed by atoms with Crippen LogP contribution in [-0.4, -0.2) is 16.3 Å². The lowest BCUT2D eigenvalue weighted by molar-refractivity contribution is 0.199. The van der Waals surface area contributed by atoms with Crippen LogP contribution >= 0.6 is 23.4 Å². The number of hydrogen-bond donors (Lipinski definition) is 1. The number of nitrogens with zero attached hydrogens (tertiary/aromatic N) is 1. The van der Waals surface area contributed by atoms with Crippen LogP contribution in [0.5, 0.6) is 0 Å². The Morgan fingerprint density at radius 1 is 1.67 bits per heavy atom. The Morgan fingerprint density at radius 3 is 2.83 bits per heavy atom. The molecule has 1 N–H and O–H groups in total. The molecule has 0 spiro atoms. The third-order valence-corrected chi connectivity index (χ3v) is 2.48. The zero-order chi connectivity index (χ0) is 9.14. The van der Waals surface area contributed by atoms with E-state index in [-0.39, 0.29) is 0 Å². The molecule has 0 aliphatic carbocycles. The van der Waals surface area contributed by atoms with Gasteiger partial charge in [0.1, 0.15) is 0 Å². The summed E-state index contributed by atoms with van der Waals surface area (Å²) in [6.07, 6.45) is 2.96. The van der Waals surface area contributed by atoms with Gasteiger partial charge >= 0.3 is 0 Å². The number of pyridine rings is 1. The van der Waals surface area contributed by atoms with Crippen molar-refractivity contribution in [1.82, 2.24) is 4.98 Å². The standard InChI is InChI=1S/C8H10ClNOS/c1-5(11)6-3-8(12-2)10-4-7(6)9/h3-5,11H,1-2H3. The van der Waals surface area contributed by atoms with E-state index in [1.54, 1.807) is 19.2 Å². The van der Waals surface area contributed by atoms with E-state index in [4.69, 9.17) is 11.6 Å². The van der Waals surface area contributed by atoms with Crippen LogP contribution in [0.1, 0.15) is 18.6 Å². The van der Waals surface area contributed by atoms with E-state index in [1.807, 2.05) is 6.26 Å². The lowest BCUT2D eigenvalue weighted by Gasteiger charge is -2.07. The molecule has 0 saturated heterocycles. The number of halogens is 1. The largest absolute Gasteiger partial charge is 0.389 e. The van der Waals surface area contributed by atoms with E-state index in [0.717, 1.165) is 10.6 Å². The quantitative estimate of drug-likeness (QED) is 0.750. The van der Waals surface area contributed by atoms with Crippen molar-refractivity contribution in [1.29, 1.82) is 0 Å². The zero-order valence-electron chi connectivity index (χ0n) is 6.91. The first-order valence-corrected chi connectivity index (χ1v) is 5.13. The van der Waals surface area contributed by atoms with E-state index in [9.17, 15) is 5.11 Å². The number of aliphatic hydroxyl groups is 1. The summed E-state index contributed by atoms with van der Waals surface area (Å²) in [6.45, 7) is 1.69. The zero-order valence-corrected chi connectivity index (χ0v) is 8.49. The van der Waals surface area contributed by atoms with Crippen LogP contribution in [0.4, 0.5) is 0 Å². The highest BCUT2D eigenvalue weighted by molar-refractivity contribution is 7.98. The molecule has 1 aromatic rings. The first kappa shape index (κ1) is 9.84. The van der Waals surface area contributed by atoms with E-state index in [1.165, 1.54) is 11.8 Å². The maximum Gasteiger partial charge on any atom is 0.0961 e. The number of thioether (sulfide) groups is 1. The van der Waals surface area contributed by atoms with Gasteiger partial charge in [0.25, 0.3) is 0 Å². The van der Waals surface area contributed by atoms with Gasteiger partial charge < -0.3 is 5.11 Å². The maximum absolute atomic E-state index is 9.30. The Bertz CT molecular complexity index is 278. The fourth-order valence-electron chi connectivity index (χ4n) is 0.866. The van der Waals surface area contributed by atoms with Crippen molar-refractivity contribution in [3.63, 3.8) is 0 Å². The van der Waals surface area contributed by atoms with Gasteiger partial charge in [-0.2, -0.15) is 0 Å². The summed E-state index contributed by atoms with van der Waals surface area (Å²) in [5.41, 5.74) is 0.732. The van der Waals surface area contributed by atoms with Gasteiger partial charge in [0.2, 0.25) is 0 Å². The predicted molar refractivity (Wildman–Crippen MR) is 51.7 cm³/mol. The third-order valence-electron chi connectivity index (χ3n) is 1.52. The van der Waals surface area contributed by atoms with Crippen molar-refractivity contribution < 1.29 is 5.11 Å². The van der Waals surface area contributed by atoms with Crippen molar-refractivity contribution in [2.45, 2.75) is 18.1 Å². The Hall–Kier alpha value is -0.250. The molecule has 0 amide bonds. The van der Waals surface area contributed by atoms with Gasteiger partial charge in [0.05, 0.1) is 16.2 Å². The molecule has 0 aliphatic rings. The molecule has 0 fully saturated rings. The average Bonchev–Trinajstić information content (AvgIpc) is 2.05. The van der Waals surface area contributed by atoms with Crippen LogP contribution in [0.15, 0.2) is 17.3 Å². The van der Waals surface area contributed by atoms with Crippen LogP contribution in [-0.2, 0) is 0 Å². The molecule has 1 atom stereocenters. The molecule has 0 radical (unpaired) electrons. The molecule has 1 unspecified atom stereocenters. The van der Waals surface area contributed by atoms with Gasteiger partial charge in [-0.3, -0.25) is 0 Å². The maximum atomic E-state index is 9.30. The SMILES string of the molecule is CSc1cc(C(C)O)c(Cl)cn1. The highest BCUT2D eigenvalue weighted by atomic mass is 35.5. The molecule has 0 aromatic carbocycles. The minimum absolute atomic E-state index is 0.516. The molecule has 0 saturated carbocycles. The van der Waals surface area contributed by atoms with Crippen molar-refractivity contribution in [3.05, 3.63) is 22.8 Å². The smallest absolute Gasteiger partial charge is 0.0961 e. The van der Waals surface area contributed by atoms with Gasteiger partial charge in [-0.05, 0) is 19.2 Å². The predicted octanol–water partition coefficient (Wildman–Crippen LogP) is 2.51. The molecule has 2 nitrogen and oxygen atoms in total. The van der Waals surface area contributed by atoms with Crippen molar-refractivity contribution in [2.75, 3.05) is 6.26 Å². The van der Waals surface area contributed by atoms with Crippen LogP contribution < -0.4 is 0 Å². The summed E-state index contributed by atoms with van der Waals surface area (Å²) in [5.74, 6) is 0. The number of aliphatic hydroxyl groups excluding tert-OH is 1. The monoisotopic (exact) mass is 203 g/mol. The van der Waals surface area contributed by atoms with Crippen LogP contribution in [0.2, 0.25) is 5.02 Å². The van der Waals surface area contributed by atoms with Crippen molar-refractivity contribution in [3.8, 4) is 0 Å². The Labute approximate surface area is 81.0 Å². The number of rotatable bonds is 2. The lowest BCUT2D eigenvalue weighted by atomic mass is 10.2. The summed E-state index contributed by atoms with van der Waals surface area (Å²) in [5, 5.41) is 10.7. The first-order valence-electron chi connectivity index (χ1n) is 3.52. The van der Waals surface area contributed by atoms with Crippen molar-refractivity contribution in [2.24, 2.45) is 0 Å². The molecule has 12 heavy (non-hydrogen) atoms. The Kier molecular flexibility index (Phi) is 3.38. The van der Waals surface area contributed by atoms with E-state index < -0.39 is 6.10 Å². The highest BCUT2D eigenvalue weighted by Crippen LogP contribution is 2.25. The topological polar surface area (TPSA) is 33.1 Å². The van der Waals surface area contributed by atoms with E-state index >= 15 is 0 Å². The summed E-state index contributed by atoms with van der Waals surface area (Å²) < 4.78 is 0. The molecular formula is C8H10ClNOS. The second-order valence-electron chi connectivity index (χ2n) is 2.42. The normalized spacial score (nSPS) is 13.0. The second kappa shape index (κ2) is 4.12. The van der Waals surface area contributed by atoms with Crippen LogP contribution in [0.3, 0.4) is 0 Å². The summed E-state index contributed by atoms with van der Waals surface area (Å²) in [6, 6.07) is 1.80. The van der Waals surface area contributed by atoms with Gasteiger partial charge in [0.15, 0.2) is 0 Å². The minimum Gasteiger partial charge on any atom is -0.389 e. The molecule has 0 aliphatic heterocycles. The number of hydrogen-bond acceptors (Lipinski definition) is 3. The van der Waals surface area contributed by atoms with Gasteiger partial charge in [-0.1, -0.05) is 11.6 Å². The fraction of sp³-hybridized carbons (Fsp3) is 0.375. The van der Waals surface area contributed by atoms with Crippen LogP contribution in [0.25, 0.3) is 0 Å². The second-order valence-corrected chi connectivity index (χ2v) is 3.66. The van der Waals surface area contributed by atoms with Gasteiger partial charge in [-0.25, -0.2) is 4.98 Å². The lowest BCUT2D eigenvalue weighted by Crippen LogP contribution is -1.94. The molecule has 1 aromatic heterocycles. The molecule has 66 valence electrons. The van der Waals surface area contributed by atoms with Gasteiger partial charge in [-0.15, -0.1) is 11.8 Å². The van der Waals surface area contributed by atoms with E-state index in [0.29, 0.717) is 5.02 Å². The third kappa shape index (κ3) is 2.12. The Morgan fingerprint density at radius 2 is 2.33 bits per heavy atom. The van der Waals surface area contributed by atoms with E-state index in [2.05, 4.69) is 4.98 Å².